The molecule has 0 unspecified atom stereocenters. The number of carbonyl (C=O) groups excluding carboxylic acids is 1. The standard InChI is InChI=1S/C33H46O3/c1-2-3-24-36-33(34)23-14-12-10-8-6-4-5-7-9-11-13-17-25-35-32-22-18-21-30-26-28-19-15-16-20-29(28)27-31(30)32/h15-16,18-22,26-27H,2-14,17,23-25H2,1H3. The third-order valence-electron chi connectivity index (χ3n) is 7.00. The summed E-state index contributed by atoms with van der Waals surface area (Å²) in [5.74, 6) is 0.988. The molecule has 36 heavy (non-hydrogen) atoms. The first-order chi connectivity index (χ1) is 17.8. The summed E-state index contributed by atoms with van der Waals surface area (Å²) in [5, 5.41) is 4.99. The van der Waals surface area contributed by atoms with Crippen LogP contribution in [0.5, 0.6) is 5.75 Å². The average Bonchev–Trinajstić information content (AvgIpc) is 2.90. The van der Waals surface area contributed by atoms with Crippen LogP contribution in [0.4, 0.5) is 0 Å². The van der Waals surface area contributed by atoms with E-state index in [-0.39, 0.29) is 5.97 Å². The molecule has 0 aliphatic carbocycles. The van der Waals surface area contributed by atoms with E-state index in [9.17, 15) is 4.79 Å². The third-order valence-corrected chi connectivity index (χ3v) is 7.00. The van der Waals surface area contributed by atoms with E-state index in [0.29, 0.717) is 13.0 Å². The fraction of sp³-hybridized carbons (Fsp3) is 0.545. The zero-order valence-electron chi connectivity index (χ0n) is 22.4. The van der Waals surface area contributed by atoms with Crippen molar-refractivity contribution in [1.29, 1.82) is 0 Å². The lowest BCUT2D eigenvalue weighted by molar-refractivity contribution is -0.143. The highest BCUT2D eigenvalue weighted by molar-refractivity contribution is 6.00. The number of carbonyl (C=O) groups is 1. The Kier molecular flexibility index (Phi) is 13.2. The van der Waals surface area contributed by atoms with E-state index in [1.165, 1.54) is 79.3 Å². The minimum atomic E-state index is -0.0164. The van der Waals surface area contributed by atoms with Gasteiger partial charge in [-0.05, 0) is 53.6 Å². The molecule has 0 aliphatic heterocycles. The largest absolute Gasteiger partial charge is 0.493 e. The van der Waals surface area contributed by atoms with Crippen LogP contribution in [-0.4, -0.2) is 19.2 Å². The Morgan fingerprint density at radius 3 is 1.86 bits per heavy atom. The Morgan fingerprint density at radius 1 is 0.611 bits per heavy atom. The number of ether oxygens (including phenoxy) is 2. The van der Waals surface area contributed by atoms with Gasteiger partial charge in [0.2, 0.25) is 0 Å². The van der Waals surface area contributed by atoms with Crippen LogP contribution in [-0.2, 0) is 9.53 Å². The Labute approximate surface area is 218 Å². The van der Waals surface area contributed by atoms with Gasteiger partial charge in [-0.25, -0.2) is 0 Å². The van der Waals surface area contributed by atoms with Crippen LogP contribution in [0.25, 0.3) is 21.5 Å². The van der Waals surface area contributed by atoms with Crippen LogP contribution >= 0.6 is 0 Å². The molecule has 0 radical (unpaired) electrons. The Hall–Kier alpha value is -2.55. The number of fused-ring (bicyclic) bond motifs is 2. The van der Waals surface area contributed by atoms with Crippen LogP contribution in [0.15, 0.2) is 54.6 Å². The molecule has 3 nitrogen and oxygen atoms in total. The van der Waals surface area contributed by atoms with Crippen molar-refractivity contribution >= 4 is 27.5 Å². The minimum Gasteiger partial charge on any atom is -0.493 e. The first-order valence-corrected chi connectivity index (χ1v) is 14.5. The molecule has 3 aromatic carbocycles. The molecule has 0 saturated carbocycles. The Bertz CT molecular complexity index is 1030. The third kappa shape index (κ3) is 10.2. The van der Waals surface area contributed by atoms with Gasteiger partial charge >= 0.3 is 5.97 Å². The van der Waals surface area contributed by atoms with Crippen LogP contribution in [0, 0.1) is 0 Å². The summed E-state index contributed by atoms with van der Waals surface area (Å²) in [6.45, 7) is 3.49. The van der Waals surface area contributed by atoms with Crippen LogP contribution in [0.2, 0.25) is 0 Å². The van der Waals surface area contributed by atoms with E-state index < -0.39 is 0 Å². The monoisotopic (exact) mass is 490 g/mol. The van der Waals surface area contributed by atoms with Gasteiger partial charge < -0.3 is 9.47 Å². The number of hydrogen-bond acceptors (Lipinski definition) is 3. The summed E-state index contributed by atoms with van der Waals surface area (Å²) >= 11 is 0. The van der Waals surface area contributed by atoms with Crippen molar-refractivity contribution in [3.8, 4) is 5.75 Å². The molecule has 0 aliphatic rings. The molecule has 0 fully saturated rings. The molecule has 0 amide bonds. The second kappa shape index (κ2) is 17.0. The molecule has 3 aromatic rings. The van der Waals surface area contributed by atoms with Gasteiger partial charge in [0.1, 0.15) is 5.75 Å². The van der Waals surface area contributed by atoms with Crippen molar-refractivity contribution in [3.63, 3.8) is 0 Å². The van der Waals surface area contributed by atoms with Crippen molar-refractivity contribution in [1.82, 2.24) is 0 Å². The van der Waals surface area contributed by atoms with Crippen LogP contribution in [0.1, 0.15) is 103 Å². The molecule has 196 valence electrons. The molecule has 3 rings (SSSR count). The molecule has 0 bridgehead atoms. The van der Waals surface area contributed by atoms with Gasteiger partial charge in [0.05, 0.1) is 13.2 Å². The average molecular weight is 491 g/mol. The maximum absolute atomic E-state index is 11.6. The highest BCUT2D eigenvalue weighted by Gasteiger charge is 2.05. The van der Waals surface area contributed by atoms with Crippen molar-refractivity contribution < 1.29 is 14.3 Å². The summed E-state index contributed by atoms with van der Waals surface area (Å²) < 4.78 is 11.4. The van der Waals surface area contributed by atoms with E-state index >= 15 is 0 Å². The summed E-state index contributed by atoms with van der Waals surface area (Å²) in [5.41, 5.74) is 0. The van der Waals surface area contributed by atoms with Gasteiger partial charge in [-0.3, -0.25) is 4.79 Å². The molecule has 0 aromatic heterocycles. The first kappa shape index (κ1) is 28.0. The maximum atomic E-state index is 11.6. The quantitative estimate of drug-likeness (QED) is 0.0952. The molecule has 0 atom stereocenters. The van der Waals surface area contributed by atoms with Gasteiger partial charge in [-0.2, -0.15) is 0 Å². The van der Waals surface area contributed by atoms with E-state index in [2.05, 4.69) is 61.5 Å². The maximum Gasteiger partial charge on any atom is 0.305 e. The number of benzene rings is 3. The van der Waals surface area contributed by atoms with E-state index in [4.69, 9.17) is 9.47 Å². The molecular weight excluding hydrogens is 444 g/mol. The lowest BCUT2D eigenvalue weighted by Crippen LogP contribution is -2.05. The van der Waals surface area contributed by atoms with Crippen molar-refractivity contribution in [2.45, 2.75) is 103 Å². The Balaban J connectivity index is 1.15. The van der Waals surface area contributed by atoms with Gasteiger partial charge in [0, 0.05) is 11.8 Å². The molecule has 0 spiro atoms. The SMILES string of the molecule is CCCCOC(=O)CCCCCCCCCCCCCCOc1cccc2cc3ccccc3cc12. The lowest BCUT2D eigenvalue weighted by Gasteiger charge is -2.10. The molecule has 0 N–H and O–H groups in total. The van der Waals surface area contributed by atoms with Crippen molar-refractivity contribution in [2.24, 2.45) is 0 Å². The van der Waals surface area contributed by atoms with Crippen LogP contribution in [0.3, 0.4) is 0 Å². The summed E-state index contributed by atoms with van der Waals surface area (Å²) in [4.78, 5) is 11.6. The number of rotatable bonds is 19. The highest BCUT2D eigenvalue weighted by atomic mass is 16.5. The number of esters is 1. The fourth-order valence-corrected chi connectivity index (χ4v) is 4.79. The van der Waals surface area contributed by atoms with E-state index in [1.807, 2.05) is 0 Å². The second-order valence-electron chi connectivity index (χ2n) is 10.1. The molecule has 0 heterocycles. The predicted octanol–water partition coefficient (Wildman–Crippen LogP) is 9.79. The molecule has 3 heteroatoms. The lowest BCUT2D eigenvalue weighted by atomic mass is 10.0. The second-order valence-corrected chi connectivity index (χ2v) is 10.1. The highest BCUT2D eigenvalue weighted by Crippen LogP contribution is 2.30. The fourth-order valence-electron chi connectivity index (χ4n) is 4.79. The normalized spacial score (nSPS) is 11.2. The number of unbranched alkanes of at least 4 members (excludes halogenated alkanes) is 12. The van der Waals surface area contributed by atoms with E-state index in [1.54, 1.807) is 0 Å². The smallest absolute Gasteiger partial charge is 0.305 e. The summed E-state index contributed by atoms with van der Waals surface area (Å²) in [6.07, 6.45) is 17.7. The van der Waals surface area contributed by atoms with Gasteiger partial charge in [-0.15, -0.1) is 0 Å². The van der Waals surface area contributed by atoms with Crippen LogP contribution < -0.4 is 4.74 Å². The predicted molar refractivity (Wildman–Crippen MR) is 153 cm³/mol. The number of hydrogen-bond donors (Lipinski definition) is 0. The topological polar surface area (TPSA) is 35.5 Å². The van der Waals surface area contributed by atoms with Gasteiger partial charge in [-0.1, -0.05) is 114 Å². The van der Waals surface area contributed by atoms with Crippen molar-refractivity contribution in [3.05, 3.63) is 54.6 Å². The molecule has 0 saturated heterocycles. The summed E-state index contributed by atoms with van der Waals surface area (Å²) in [6, 6.07) is 19.4. The van der Waals surface area contributed by atoms with E-state index in [0.717, 1.165) is 44.5 Å². The minimum absolute atomic E-state index is 0.0164. The first-order valence-electron chi connectivity index (χ1n) is 14.5. The molecular formula is C33H46O3. The summed E-state index contributed by atoms with van der Waals surface area (Å²) in [7, 11) is 0. The zero-order chi connectivity index (χ0) is 25.3. The van der Waals surface area contributed by atoms with Gasteiger partial charge in [0.15, 0.2) is 0 Å². The van der Waals surface area contributed by atoms with Gasteiger partial charge in [0.25, 0.3) is 0 Å². The zero-order valence-corrected chi connectivity index (χ0v) is 22.4. The van der Waals surface area contributed by atoms with Crippen molar-refractivity contribution in [2.75, 3.05) is 13.2 Å². The Morgan fingerprint density at radius 2 is 1.19 bits per heavy atom.